The van der Waals surface area contributed by atoms with Crippen molar-refractivity contribution >= 4 is 11.6 Å². The second kappa shape index (κ2) is 4.91. The van der Waals surface area contributed by atoms with E-state index in [4.69, 9.17) is 4.42 Å². The summed E-state index contributed by atoms with van der Waals surface area (Å²) in [6, 6.07) is 1.69. The molecule has 3 nitrogen and oxygen atoms in total. The molecule has 0 N–H and O–H groups in total. The highest BCUT2D eigenvalue weighted by Crippen LogP contribution is 2.16. The summed E-state index contributed by atoms with van der Waals surface area (Å²) in [6.07, 6.45) is 1.25. The first kappa shape index (κ1) is 11.7. The summed E-state index contributed by atoms with van der Waals surface area (Å²) < 4.78 is 5.25. The van der Waals surface area contributed by atoms with Crippen molar-refractivity contribution in [1.82, 2.24) is 0 Å². The molecule has 0 saturated heterocycles. The summed E-state index contributed by atoms with van der Waals surface area (Å²) >= 11 is 0. The second-order valence-electron chi connectivity index (χ2n) is 3.72. The number of carbonyl (C=O) groups excluding carboxylic acids is 2. The van der Waals surface area contributed by atoms with Gasteiger partial charge in [0.15, 0.2) is 5.78 Å². The number of rotatable bonds is 5. The summed E-state index contributed by atoms with van der Waals surface area (Å²) in [5.41, 5.74) is 0.539. The third-order valence-electron chi connectivity index (χ3n) is 2.23. The van der Waals surface area contributed by atoms with Crippen molar-refractivity contribution in [3.05, 3.63) is 23.2 Å². The minimum atomic E-state index is -0.136. The molecule has 0 radical (unpaired) electrons. The monoisotopic (exact) mass is 208 g/mol. The highest BCUT2D eigenvalue weighted by atomic mass is 16.3. The molecular formula is C12H16O3. The Morgan fingerprint density at radius 3 is 2.47 bits per heavy atom. The molecule has 0 amide bonds. The Morgan fingerprint density at radius 2 is 2.00 bits per heavy atom. The normalized spacial score (nSPS) is 10.3. The van der Waals surface area contributed by atoms with E-state index < -0.39 is 0 Å². The zero-order chi connectivity index (χ0) is 11.4. The van der Waals surface area contributed by atoms with Gasteiger partial charge in [-0.2, -0.15) is 0 Å². The zero-order valence-corrected chi connectivity index (χ0v) is 9.42. The Kier molecular flexibility index (Phi) is 3.83. The van der Waals surface area contributed by atoms with E-state index in [2.05, 4.69) is 0 Å². The molecule has 1 aromatic heterocycles. The van der Waals surface area contributed by atoms with Gasteiger partial charge >= 0.3 is 0 Å². The van der Waals surface area contributed by atoms with Gasteiger partial charge in [0.05, 0.1) is 12.0 Å². The van der Waals surface area contributed by atoms with Crippen LogP contribution in [0.5, 0.6) is 0 Å². The van der Waals surface area contributed by atoms with E-state index in [0.717, 1.165) is 6.42 Å². The maximum Gasteiger partial charge on any atom is 0.173 e. The zero-order valence-electron chi connectivity index (χ0n) is 9.42. The molecular weight excluding hydrogens is 192 g/mol. The van der Waals surface area contributed by atoms with Gasteiger partial charge in [0.25, 0.3) is 0 Å². The van der Waals surface area contributed by atoms with Crippen LogP contribution in [-0.2, 0) is 4.79 Å². The molecule has 0 aliphatic rings. The van der Waals surface area contributed by atoms with E-state index in [1.165, 1.54) is 0 Å². The van der Waals surface area contributed by atoms with Crippen LogP contribution in [0.1, 0.15) is 48.1 Å². The van der Waals surface area contributed by atoms with Crippen LogP contribution in [0.3, 0.4) is 0 Å². The molecule has 0 aromatic carbocycles. The minimum absolute atomic E-state index is 0.000697. The quantitative estimate of drug-likeness (QED) is 0.552. The van der Waals surface area contributed by atoms with Crippen molar-refractivity contribution < 1.29 is 14.0 Å². The summed E-state index contributed by atoms with van der Waals surface area (Å²) in [6.45, 7) is 5.46. The molecule has 0 atom stereocenters. The average molecular weight is 208 g/mol. The Bertz CT molecular complexity index is 374. The molecule has 15 heavy (non-hydrogen) atoms. The second-order valence-corrected chi connectivity index (χ2v) is 3.72. The fourth-order valence-electron chi connectivity index (χ4n) is 1.55. The summed E-state index contributed by atoms with van der Waals surface area (Å²) in [5, 5.41) is 0. The lowest BCUT2D eigenvalue weighted by Crippen LogP contribution is -2.07. The number of hydrogen-bond donors (Lipinski definition) is 0. The van der Waals surface area contributed by atoms with Gasteiger partial charge in [0.1, 0.15) is 17.3 Å². The van der Waals surface area contributed by atoms with Crippen LogP contribution in [0.4, 0.5) is 0 Å². The minimum Gasteiger partial charge on any atom is -0.466 e. The maximum atomic E-state index is 11.7. The van der Waals surface area contributed by atoms with E-state index >= 15 is 0 Å². The first-order valence-corrected chi connectivity index (χ1v) is 5.16. The Balaban J connectivity index is 2.69. The summed E-state index contributed by atoms with van der Waals surface area (Å²) in [5.74, 6) is 1.17. The Hall–Kier alpha value is -1.38. The largest absolute Gasteiger partial charge is 0.466 e. The topological polar surface area (TPSA) is 47.3 Å². The van der Waals surface area contributed by atoms with Gasteiger partial charge in [-0.3, -0.25) is 9.59 Å². The molecule has 0 spiro atoms. The van der Waals surface area contributed by atoms with Gasteiger partial charge in [0, 0.05) is 6.42 Å². The fraction of sp³-hybridized carbons (Fsp3) is 0.500. The van der Waals surface area contributed by atoms with Crippen LogP contribution in [0.15, 0.2) is 10.5 Å². The lowest BCUT2D eigenvalue weighted by Gasteiger charge is -1.97. The van der Waals surface area contributed by atoms with Gasteiger partial charge in [0.2, 0.25) is 0 Å². The van der Waals surface area contributed by atoms with Crippen molar-refractivity contribution in [2.75, 3.05) is 0 Å². The molecule has 0 fully saturated rings. The number of ketones is 2. The molecule has 1 aromatic rings. The van der Waals surface area contributed by atoms with E-state index in [9.17, 15) is 9.59 Å². The van der Waals surface area contributed by atoms with Crippen LogP contribution < -0.4 is 0 Å². The average Bonchev–Trinajstić information content (AvgIpc) is 2.45. The molecule has 0 unspecified atom stereocenters. The van der Waals surface area contributed by atoms with E-state index in [0.29, 0.717) is 23.5 Å². The van der Waals surface area contributed by atoms with Crippen molar-refractivity contribution in [2.45, 2.75) is 40.0 Å². The Morgan fingerprint density at radius 1 is 1.33 bits per heavy atom. The smallest absolute Gasteiger partial charge is 0.173 e. The standard InChI is InChI=1S/C12H16O3/c1-4-5-10(13)7-12(14)11-6-8(2)15-9(11)3/h6H,4-5,7H2,1-3H3. The third-order valence-corrected chi connectivity index (χ3v) is 2.23. The highest BCUT2D eigenvalue weighted by Gasteiger charge is 2.16. The lowest BCUT2D eigenvalue weighted by molar-refractivity contribution is -0.118. The highest BCUT2D eigenvalue weighted by molar-refractivity contribution is 6.08. The maximum absolute atomic E-state index is 11.7. The van der Waals surface area contributed by atoms with Crippen molar-refractivity contribution in [1.29, 1.82) is 0 Å². The third kappa shape index (κ3) is 3.05. The van der Waals surface area contributed by atoms with Crippen molar-refractivity contribution in [3.63, 3.8) is 0 Å². The van der Waals surface area contributed by atoms with Crippen LogP contribution in [-0.4, -0.2) is 11.6 Å². The number of Topliss-reactive ketones (excluding diaryl/α,β-unsaturated/α-hetero) is 2. The van der Waals surface area contributed by atoms with E-state index in [-0.39, 0.29) is 18.0 Å². The summed E-state index contributed by atoms with van der Waals surface area (Å²) in [7, 11) is 0. The molecule has 1 rings (SSSR count). The molecule has 3 heteroatoms. The van der Waals surface area contributed by atoms with Crippen LogP contribution >= 0.6 is 0 Å². The van der Waals surface area contributed by atoms with Gasteiger partial charge in [-0.05, 0) is 26.3 Å². The lowest BCUT2D eigenvalue weighted by atomic mass is 10.0. The van der Waals surface area contributed by atoms with Crippen LogP contribution in [0.25, 0.3) is 0 Å². The SMILES string of the molecule is CCCC(=O)CC(=O)c1cc(C)oc1C. The van der Waals surface area contributed by atoms with Gasteiger partial charge in [-0.15, -0.1) is 0 Å². The molecule has 0 aliphatic carbocycles. The van der Waals surface area contributed by atoms with Crippen LogP contribution in [0.2, 0.25) is 0 Å². The van der Waals surface area contributed by atoms with Crippen molar-refractivity contribution in [3.8, 4) is 0 Å². The number of carbonyl (C=O) groups is 2. The molecule has 0 bridgehead atoms. The molecule has 0 aliphatic heterocycles. The number of hydrogen-bond acceptors (Lipinski definition) is 3. The van der Waals surface area contributed by atoms with Gasteiger partial charge < -0.3 is 4.42 Å². The fourth-order valence-corrected chi connectivity index (χ4v) is 1.55. The van der Waals surface area contributed by atoms with Crippen molar-refractivity contribution in [2.24, 2.45) is 0 Å². The van der Waals surface area contributed by atoms with E-state index in [1.807, 2.05) is 6.92 Å². The van der Waals surface area contributed by atoms with Gasteiger partial charge in [-0.1, -0.05) is 6.92 Å². The Labute approximate surface area is 89.5 Å². The first-order valence-electron chi connectivity index (χ1n) is 5.16. The first-order chi connectivity index (χ1) is 7.04. The molecule has 0 saturated carbocycles. The summed E-state index contributed by atoms with van der Waals surface area (Å²) in [4.78, 5) is 23.0. The molecule has 82 valence electrons. The number of furan rings is 1. The number of aryl methyl sites for hydroxylation is 2. The van der Waals surface area contributed by atoms with Crippen LogP contribution in [0, 0.1) is 13.8 Å². The van der Waals surface area contributed by atoms with Gasteiger partial charge in [-0.25, -0.2) is 0 Å². The predicted molar refractivity (Wildman–Crippen MR) is 57.0 cm³/mol. The van der Waals surface area contributed by atoms with E-state index in [1.54, 1.807) is 19.9 Å². The molecule has 1 heterocycles. The predicted octanol–water partition coefficient (Wildman–Crippen LogP) is 2.84.